The summed E-state index contributed by atoms with van der Waals surface area (Å²) in [7, 11) is 2.83. The van der Waals surface area contributed by atoms with Crippen molar-refractivity contribution in [2.45, 2.75) is 19.1 Å². The minimum atomic E-state index is -1.73. The Morgan fingerprint density at radius 3 is 2.45 bits per heavy atom. The summed E-state index contributed by atoms with van der Waals surface area (Å²) in [4.78, 5) is 11.4. The molecule has 0 saturated heterocycles. The van der Waals surface area contributed by atoms with Crippen LogP contribution in [0.15, 0.2) is 12.1 Å². The Hall–Kier alpha value is -1.50. The monoisotopic (exact) mass is 304 g/mol. The van der Waals surface area contributed by atoms with Crippen LogP contribution in [0, 0.1) is 0 Å². The van der Waals surface area contributed by atoms with Gasteiger partial charge in [-0.05, 0) is 13.0 Å². The molecule has 2 atom stereocenters. The Kier molecular flexibility index (Phi) is 6.06. The normalized spacial score (nSPS) is 13.5. The second kappa shape index (κ2) is 7.33. The maximum absolute atomic E-state index is 11.4. The Labute approximate surface area is 121 Å². The number of rotatable bonds is 6. The maximum Gasteiger partial charge on any atom is 0.338 e. The highest BCUT2D eigenvalue weighted by molar-refractivity contribution is 6.33. The highest BCUT2D eigenvalue weighted by Gasteiger charge is 2.30. The molecule has 1 aromatic rings. The van der Waals surface area contributed by atoms with Crippen molar-refractivity contribution in [3.05, 3.63) is 22.7 Å². The summed E-state index contributed by atoms with van der Waals surface area (Å²) in [6.07, 6.45) is -3.26. The summed E-state index contributed by atoms with van der Waals surface area (Å²) in [5.74, 6) is -0.341. The number of hydrogen-bond donors (Lipinski definition) is 2. The van der Waals surface area contributed by atoms with Gasteiger partial charge in [0.15, 0.2) is 17.6 Å². The number of aliphatic hydroxyl groups is 2. The third kappa shape index (κ3) is 3.33. The largest absolute Gasteiger partial charge is 0.493 e. The van der Waals surface area contributed by atoms with Crippen LogP contribution in [0.5, 0.6) is 11.5 Å². The van der Waals surface area contributed by atoms with Gasteiger partial charge < -0.3 is 24.4 Å². The quantitative estimate of drug-likeness (QED) is 0.771. The first-order valence-electron chi connectivity index (χ1n) is 5.91. The third-order valence-corrected chi connectivity index (χ3v) is 3.05. The molecule has 0 aliphatic carbocycles. The first-order valence-corrected chi connectivity index (χ1v) is 6.28. The van der Waals surface area contributed by atoms with Crippen LogP contribution in [0.3, 0.4) is 0 Å². The fourth-order valence-electron chi connectivity index (χ4n) is 1.66. The van der Waals surface area contributed by atoms with Gasteiger partial charge in [-0.1, -0.05) is 17.7 Å². The van der Waals surface area contributed by atoms with E-state index >= 15 is 0 Å². The van der Waals surface area contributed by atoms with E-state index in [1.54, 1.807) is 6.92 Å². The van der Waals surface area contributed by atoms with E-state index < -0.39 is 18.2 Å². The molecule has 7 heteroatoms. The van der Waals surface area contributed by atoms with E-state index in [4.69, 9.17) is 21.1 Å². The van der Waals surface area contributed by atoms with Gasteiger partial charge in [-0.15, -0.1) is 0 Å². The number of benzene rings is 1. The number of methoxy groups -OCH3 is 2. The van der Waals surface area contributed by atoms with E-state index in [9.17, 15) is 15.0 Å². The van der Waals surface area contributed by atoms with Crippen LogP contribution in [0.1, 0.15) is 18.6 Å². The van der Waals surface area contributed by atoms with E-state index in [-0.39, 0.29) is 22.9 Å². The number of esters is 1. The van der Waals surface area contributed by atoms with Crippen molar-refractivity contribution in [3.8, 4) is 11.5 Å². The van der Waals surface area contributed by atoms with Crippen molar-refractivity contribution >= 4 is 17.6 Å². The number of carbonyl (C=O) groups is 1. The van der Waals surface area contributed by atoms with Gasteiger partial charge in [0.2, 0.25) is 0 Å². The average molecular weight is 305 g/mol. The molecule has 0 saturated carbocycles. The predicted octanol–water partition coefficient (Wildman–Crippen LogP) is 1.31. The van der Waals surface area contributed by atoms with Gasteiger partial charge in [0, 0.05) is 5.56 Å². The summed E-state index contributed by atoms with van der Waals surface area (Å²) >= 11 is 6.09. The van der Waals surface area contributed by atoms with Crippen molar-refractivity contribution in [2.24, 2.45) is 0 Å². The molecule has 0 aromatic heterocycles. The Morgan fingerprint density at radius 1 is 1.30 bits per heavy atom. The topological polar surface area (TPSA) is 85.2 Å². The molecule has 2 N–H and O–H groups in total. The number of halogens is 1. The summed E-state index contributed by atoms with van der Waals surface area (Å²) in [6.45, 7) is 1.70. The molecule has 0 bridgehead atoms. The summed E-state index contributed by atoms with van der Waals surface area (Å²) < 4.78 is 14.8. The van der Waals surface area contributed by atoms with Crippen molar-refractivity contribution in [1.82, 2.24) is 0 Å². The number of ether oxygens (including phenoxy) is 3. The lowest BCUT2D eigenvalue weighted by Gasteiger charge is -2.19. The van der Waals surface area contributed by atoms with E-state index in [0.717, 1.165) is 0 Å². The third-order valence-electron chi connectivity index (χ3n) is 2.66. The number of hydrogen-bond acceptors (Lipinski definition) is 6. The highest BCUT2D eigenvalue weighted by atomic mass is 35.5. The van der Waals surface area contributed by atoms with Crippen molar-refractivity contribution < 1.29 is 29.2 Å². The molecular formula is C13H17ClO6. The zero-order valence-electron chi connectivity index (χ0n) is 11.4. The second-order valence-electron chi connectivity index (χ2n) is 3.85. The molecule has 0 spiro atoms. The number of carbonyl (C=O) groups excluding carboxylic acids is 1. The van der Waals surface area contributed by atoms with Crippen molar-refractivity contribution in [1.29, 1.82) is 0 Å². The fraction of sp³-hybridized carbons (Fsp3) is 0.462. The molecule has 1 rings (SSSR count). The molecule has 6 nitrogen and oxygen atoms in total. The molecule has 0 heterocycles. The van der Waals surface area contributed by atoms with E-state index in [1.807, 2.05) is 0 Å². The SMILES string of the molecule is CCOC(=O)C(O)C(O)c1ccc(OC)c(OC)c1Cl. The van der Waals surface area contributed by atoms with Crippen LogP contribution < -0.4 is 9.47 Å². The minimum Gasteiger partial charge on any atom is -0.493 e. The van der Waals surface area contributed by atoms with Gasteiger partial charge in [-0.25, -0.2) is 4.79 Å². The molecule has 0 amide bonds. The lowest BCUT2D eigenvalue weighted by Crippen LogP contribution is -2.30. The van der Waals surface area contributed by atoms with Crippen LogP contribution in [0.25, 0.3) is 0 Å². The maximum atomic E-state index is 11.4. The van der Waals surface area contributed by atoms with Gasteiger partial charge in [0.25, 0.3) is 0 Å². The zero-order chi connectivity index (χ0) is 15.3. The molecule has 0 aliphatic heterocycles. The standard InChI is InChI=1S/C13H17ClO6/c1-4-20-13(17)11(16)10(15)7-5-6-8(18-2)12(19-3)9(7)14/h5-6,10-11,15-16H,4H2,1-3H3. The summed E-state index contributed by atoms with van der Waals surface area (Å²) in [5.41, 5.74) is 0.143. The molecule has 0 radical (unpaired) electrons. The van der Waals surface area contributed by atoms with Crippen LogP contribution in [0.4, 0.5) is 0 Å². The van der Waals surface area contributed by atoms with E-state index in [1.165, 1.54) is 26.4 Å². The molecule has 20 heavy (non-hydrogen) atoms. The average Bonchev–Trinajstić information content (AvgIpc) is 2.45. The minimum absolute atomic E-state index is 0.0581. The van der Waals surface area contributed by atoms with E-state index in [0.29, 0.717) is 5.75 Å². The lowest BCUT2D eigenvalue weighted by atomic mass is 10.0. The Balaban J connectivity index is 3.10. The molecule has 2 unspecified atom stereocenters. The number of aliphatic hydroxyl groups excluding tert-OH is 2. The van der Waals surface area contributed by atoms with Gasteiger partial charge in [-0.3, -0.25) is 0 Å². The van der Waals surface area contributed by atoms with Crippen molar-refractivity contribution in [3.63, 3.8) is 0 Å². The lowest BCUT2D eigenvalue weighted by molar-refractivity contribution is -0.159. The van der Waals surface area contributed by atoms with Gasteiger partial charge in [-0.2, -0.15) is 0 Å². The smallest absolute Gasteiger partial charge is 0.338 e. The summed E-state index contributed by atoms with van der Waals surface area (Å²) in [6, 6.07) is 2.96. The first-order chi connectivity index (χ1) is 9.47. The fourth-order valence-corrected chi connectivity index (χ4v) is 2.00. The first kappa shape index (κ1) is 16.6. The van der Waals surface area contributed by atoms with Gasteiger partial charge in [0.1, 0.15) is 6.10 Å². The highest BCUT2D eigenvalue weighted by Crippen LogP contribution is 2.40. The van der Waals surface area contributed by atoms with Gasteiger partial charge >= 0.3 is 5.97 Å². The van der Waals surface area contributed by atoms with Crippen LogP contribution in [0.2, 0.25) is 5.02 Å². The molecule has 1 aromatic carbocycles. The molecule has 0 fully saturated rings. The van der Waals surface area contributed by atoms with Crippen LogP contribution in [-0.4, -0.2) is 43.1 Å². The molecule has 0 aliphatic rings. The van der Waals surface area contributed by atoms with Gasteiger partial charge in [0.05, 0.1) is 25.8 Å². The van der Waals surface area contributed by atoms with Crippen LogP contribution in [-0.2, 0) is 9.53 Å². The summed E-state index contributed by atoms with van der Waals surface area (Å²) in [5, 5.41) is 19.8. The Morgan fingerprint density at radius 2 is 1.95 bits per heavy atom. The van der Waals surface area contributed by atoms with Crippen molar-refractivity contribution in [2.75, 3.05) is 20.8 Å². The second-order valence-corrected chi connectivity index (χ2v) is 4.22. The van der Waals surface area contributed by atoms with Crippen LogP contribution >= 0.6 is 11.6 Å². The predicted molar refractivity (Wildman–Crippen MR) is 72.2 cm³/mol. The zero-order valence-corrected chi connectivity index (χ0v) is 12.2. The van der Waals surface area contributed by atoms with E-state index in [2.05, 4.69) is 4.74 Å². The molecular weight excluding hydrogens is 288 g/mol. The Bertz CT molecular complexity index is 476. The molecule has 112 valence electrons.